The quantitative estimate of drug-likeness (QED) is 0.515. The Balaban J connectivity index is 2.29. The molecule has 1 aromatic rings. The fourth-order valence-electron chi connectivity index (χ4n) is 2.31. The maximum Gasteiger partial charge on any atom is 0.124 e. The molecule has 2 nitrogen and oxygen atoms in total. The van der Waals surface area contributed by atoms with E-state index < -0.39 is 0 Å². The van der Waals surface area contributed by atoms with Gasteiger partial charge in [-0.25, -0.2) is 0 Å². The average Bonchev–Trinajstić information content (AvgIpc) is 2.44. The first kappa shape index (κ1) is 18.5. The monoisotopic (exact) mass is 355 g/mol. The van der Waals surface area contributed by atoms with Crippen molar-refractivity contribution in [2.24, 2.45) is 0 Å². The third-order valence-electron chi connectivity index (χ3n) is 3.41. The SMILES string of the molecule is CCCCCCCCNCc1cc(Br)ccc1OC(C)C. The number of rotatable bonds is 11. The molecule has 0 amide bonds. The summed E-state index contributed by atoms with van der Waals surface area (Å²) < 4.78 is 6.97. The van der Waals surface area contributed by atoms with Crippen molar-refractivity contribution in [3.63, 3.8) is 0 Å². The van der Waals surface area contributed by atoms with Crippen LogP contribution in [0, 0.1) is 0 Å². The van der Waals surface area contributed by atoms with Gasteiger partial charge in [0.15, 0.2) is 0 Å². The summed E-state index contributed by atoms with van der Waals surface area (Å²) in [5, 5.41) is 3.53. The molecule has 3 heteroatoms. The van der Waals surface area contributed by atoms with Crippen LogP contribution < -0.4 is 10.1 Å². The van der Waals surface area contributed by atoms with Gasteiger partial charge in [0.1, 0.15) is 5.75 Å². The predicted octanol–water partition coefficient (Wildman–Crippen LogP) is 5.69. The number of unbranched alkanes of at least 4 members (excludes halogenated alkanes) is 5. The molecule has 1 N–H and O–H groups in total. The zero-order valence-electron chi connectivity index (χ0n) is 13.8. The van der Waals surface area contributed by atoms with E-state index in [2.05, 4.69) is 48.1 Å². The molecule has 0 aliphatic carbocycles. The maximum atomic E-state index is 5.86. The van der Waals surface area contributed by atoms with Crippen molar-refractivity contribution in [1.29, 1.82) is 0 Å². The van der Waals surface area contributed by atoms with Gasteiger partial charge in [-0.3, -0.25) is 0 Å². The predicted molar refractivity (Wildman–Crippen MR) is 95.0 cm³/mol. The van der Waals surface area contributed by atoms with Crippen LogP contribution in [0.5, 0.6) is 5.75 Å². The first-order valence-corrected chi connectivity index (χ1v) is 9.08. The molecule has 21 heavy (non-hydrogen) atoms. The normalized spacial score (nSPS) is 11.1. The highest BCUT2D eigenvalue weighted by molar-refractivity contribution is 9.10. The molecular weight excluding hydrogens is 326 g/mol. The van der Waals surface area contributed by atoms with E-state index in [0.29, 0.717) is 0 Å². The van der Waals surface area contributed by atoms with E-state index in [1.54, 1.807) is 0 Å². The van der Waals surface area contributed by atoms with Gasteiger partial charge in [0.2, 0.25) is 0 Å². The Morgan fingerprint density at radius 1 is 1.10 bits per heavy atom. The van der Waals surface area contributed by atoms with Crippen LogP contribution in [-0.2, 0) is 6.54 Å². The van der Waals surface area contributed by atoms with E-state index in [4.69, 9.17) is 4.74 Å². The molecule has 1 aromatic carbocycles. The van der Waals surface area contributed by atoms with Crippen molar-refractivity contribution >= 4 is 15.9 Å². The summed E-state index contributed by atoms with van der Waals surface area (Å²) in [5.41, 5.74) is 1.23. The standard InChI is InChI=1S/C18H30BrNO/c1-4-5-6-7-8-9-12-20-14-16-13-17(19)10-11-18(16)21-15(2)3/h10-11,13,15,20H,4-9,12,14H2,1-3H3. The first-order valence-electron chi connectivity index (χ1n) is 8.29. The van der Waals surface area contributed by atoms with Crippen molar-refractivity contribution in [2.75, 3.05) is 6.54 Å². The summed E-state index contributed by atoms with van der Waals surface area (Å²) in [4.78, 5) is 0. The van der Waals surface area contributed by atoms with Gasteiger partial charge in [-0.15, -0.1) is 0 Å². The number of benzene rings is 1. The highest BCUT2D eigenvalue weighted by Crippen LogP contribution is 2.24. The second-order valence-corrected chi connectivity index (χ2v) is 6.78. The summed E-state index contributed by atoms with van der Waals surface area (Å²) in [6, 6.07) is 6.23. The highest BCUT2D eigenvalue weighted by atomic mass is 79.9. The number of hydrogen-bond acceptors (Lipinski definition) is 2. The molecule has 0 aliphatic heterocycles. The third-order valence-corrected chi connectivity index (χ3v) is 3.90. The van der Waals surface area contributed by atoms with Crippen molar-refractivity contribution in [3.05, 3.63) is 28.2 Å². The van der Waals surface area contributed by atoms with Gasteiger partial charge in [-0.05, 0) is 45.0 Å². The van der Waals surface area contributed by atoms with E-state index in [-0.39, 0.29) is 6.10 Å². The lowest BCUT2D eigenvalue weighted by atomic mass is 10.1. The largest absolute Gasteiger partial charge is 0.491 e. The minimum Gasteiger partial charge on any atom is -0.491 e. The molecule has 120 valence electrons. The van der Waals surface area contributed by atoms with E-state index in [1.807, 2.05) is 12.1 Å². The molecule has 0 fully saturated rings. The lowest BCUT2D eigenvalue weighted by Gasteiger charge is -2.15. The van der Waals surface area contributed by atoms with Gasteiger partial charge >= 0.3 is 0 Å². The van der Waals surface area contributed by atoms with Crippen LogP contribution in [0.3, 0.4) is 0 Å². The highest BCUT2D eigenvalue weighted by Gasteiger charge is 2.06. The van der Waals surface area contributed by atoms with Crippen molar-refractivity contribution < 1.29 is 4.74 Å². The van der Waals surface area contributed by atoms with E-state index in [9.17, 15) is 0 Å². The van der Waals surface area contributed by atoms with Gasteiger partial charge in [-0.2, -0.15) is 0 Å². The van der Waals surface area contributed by atoms with Crippen molar-refractivity contribution in [3.8, 4) is 5.75 Å². The molecule has 0 radical (unpaired) electrons. The maximum absolute atomic E-state index is 5.86. The van der Waals surface area contributed by atoms with Crippen molar-refractivity contribution in [2.45, 2.75) is 71.9 Å². The molecule has 1 rings (SSSR count). The Hall–Kier alpha value is -0.540. The second kappa shape index (κ2) is 11.1. The topological polar surface area (TPSA) is 21.3 Å². The summed E-state index contributed by atoms with van der Waals surface area (Å²) >= 11 is 3.54. The van der Waals surface area contributed by atoms with Gasteiger partial charge in [-0.1, -0.05) is 55.0 Å². The Morgan fingerprint density at radius 2 is 1.81 bits per heavy atom. The number of halogens is 1. The van der Waals surface area contributed by atoms with Gasteiger partial charge in [0, 0.05) is 16.6 Å². The Morgan fingerprint density at radius 3 is 2.52 bits per heavy atom. The number of hydrogen-bond donors (Lipinski definition) is 1. The van der Waals surface area contributed by atoms with Crippen LogP contribution in [0.2, 0.25) is 0 Å². The van der Waals surface area contributed by atoms with Crippen LogP contribution in [0.4, 0.5) is 0 Å². The van der Waals surface area contributed by atoms with E-state index in [1.165, 1.54) is 44.1 Å². The van der Waals surface area contributed by atoms with Crippen molar-refractivity contribution in [1.82, 2.24) is 5.32 Å². The zero-order valence-corrected chi connectivity index (χ0v) is 15.3. The summed E-state index contributed by atoms with van der Waals surface area (Å²) in [5.74, 6) is 0.989. The summed E-state index contributed by atoms with van der Waals surface area (Å²) in [7, 11) is 0. The molecule has 0 atom stereocenters. The third kappa shape index (κ3) is 8.47. The first-order chi connectivity index (χ1) is 10.1. The molecule has 0 bridgehead atoms. The van der Waals surface area contributed by atoms with Crippen LogP contribution >= 0.6 is 15.9 Å². The molecule has 0 unspecified atom stereocenters. The smallest absolute Gasteiger partial charge is 0.124 e. The fourth-order valence-corrected chi connectivity index (χ4v) is 2.72. The van der Waals surface area contributed by atoms with E-state index in [0.717, 1.165) is 23.3 Å². The van der Waals surface area contributed by atoms with Gasteiger partial charge in [0.05, 0.1) is 6.10 Å². The fraction of sp³-hybridized carbons (Fsp3) is 0.667. The van der Waals surface area contributed by atoms with Crippen LogP contribution in [0.1, 0.15) is 64.9 Å². The van der Waals surface area contributed by atoms with Crippen LogP contribution in [0.25, 0.3) is 0 Å². The molecule has 0 heterocycles. The molecule has 0 spiro atoms. The molecule has 0 aliphatic rings. The second-order valence-electron chi connectivity index (χ2n) is 5.86. The summed E-state index contributed by atoms with van der Waals surface area (Å²) in [6.07, 6.45) is 8.26. The number of nitrogens with one attached hydrogen (secondary N) is 1. The molecule has 0 saturated carbocycles. The van der Waals surface area contributed by atoms with Gasteiger partial charge in [0.25, 0.3) is 0 Å². The Kier molecular flexibility index (Phi) is 9.77. The minimum atomic E-state index is 0.212. The van der Waals surface area contributed by atoms with Crippen LogP contribution in [0.15, 0.2) is 22.7 Å². The average molecular weight is 356 g/mol. The Labute approximate surface area is 138 Å². The minimum absolute atomic E-state index is 0.212. The summed E-state index contributed by atoms with van der Waals surface area (Å²) in [6.45, 7) is 8.34. The zero-order chi connectivity index (χ0) is 15.5. The van der Waals surface area contributed by atoms with E-state index >= 15 is 0 Å². The molecular formula is C18H30BrNO. The lowest BCUT2D eigenvalue weighted by Crippen LogP contribution is -2.16. The van der Waals surface area contributed by atoms with Gasteiger partial charge < -0.3 is 10.1 Å². The molecule has 0 aromatic heterocycles. The lowest BCUT2D eigenvalue weighted by molar-refractivity contribution is 0.239. The molecule has 0 saturated heterocycles. The van der Waals surface area contributed by atoms with Crippen LogP contribution in [-0.4, -0.2) is 12.6 Å². The Bertz CT molecular complexity index is 393. The number of ether oxygens (including phenoxy) is 1.